The fraction of sp³-hybridized carbons (Fsp3) is 0.556. The van der Waals surface area contributed by atoms with E-state index in [4.69, 9.17) is 10.5 Å². The Balaban J connectivity index is 2.33. The van der Waals surface area contributed by atoms with E-state index in [-0.39, 0.29) is 17.9 Å². The average Bonchev–Trinajstić information content (AvgIpc) is 2.59. The minimum Gasteiger partial charge on any atom is -0.469 e. The van der Waals surface area contributed by atoms with Gasteiger partial charge in [-0.2, -0.15) is 5.26 Å². The zero-order valence-corrected chi connectivity index (χ0v) is 13.8. The Bertz CT molecular complexity index is 596. The van der Waals surface area contributed by atoms with Crippen LogP contribution in [-0.2, 0) is 14.9 Å². The zero-order valence-electron chi connectivity index (χ0n) is 13.8. The van der Waals surface area contributed by atoms with Gasteiger partial charge >= 0.3 is 5.97 Å². The molecule has 1 aliphatic rings. The molecule has 5 nitrogen and oxygen atoms in total. The number of nitrogens with two attached hydrogens (primary N) is 1. The molecule has 1 aromatic rings. The highest BCUT2D eigenvalue weighted by Crippen LogP contribution is 2.43. The SMILES string of the molecule is COC(=O)C1CC(C#N)(c2ccccc2C)CCC1NCCN. The van der Waals surface area contributed by atoms with E-state index >= 15 is 0 Å². The highest BCUT2D eigenvalue weighted by molar-refractivity contribution is 5.74. The van der Waals surface area contributed by atoms with Gasteiger partial charge in [0.15, 0.2) is 0 Å². The lowest BCUT2D eigenvalue weighted by atomic mass is 9.64. The van der Waals surface area contributed by atoms with Crippen molar-refractivity contribution in [2.75, 3.05) is 20.2 Å². The number of rotatable bonds is 5. The molecule has 0 spiro atoms. The number of nitrogens with one attached hydrogen (secondary N) is 1. The average molecular weight is 315 g/mol. The van der Waals surface area contributed by atoms with E-state index in [0.717, 1.165) is 24.0 Å². The molecule has 23 heavy (non-hydrogen) atoms. The van der Waals surface area contributed by atoms with Crippen LogP contribution >= 0.6 is 0 Å². The third-order valence-corrected chi connectivity index (χ3v) is 4.87. The third kappa shape index (κ3) is 3.54. The summed E-state index contributed by atoms with van der Waals surface area (Å²) in [6.07, 6.45) is 1.95. The number of carbonyl (C=O) groups is 1. The molecule has 0 heterocycles. The molecule has 124 valence electrons. The second-order valence-corrected chi connectivity index (χ2v) is 6.23. The molecule has 1 saturated carbocycles. The largest absolute Gasteiger partial charge is 0.469 e. The molecule has 0 saturated heterocycles. The van der Waals surface area contributed by atoms with Gasteiger partial charge in [0.2, 0.25) is 0 Å². The van der Waals surface area contributed by atoms with Crippen LogP contribution in [0.2, 0.25) is 0 Å². The molecule has 0 aromatic heterocycles. The van der Waals surface area contributed by atoms with Crippen molar-refractivity contribution in [2.45, 2.75) is 37.6 Å². The number of methoxy groups -OCH3 is 1. The third-order valence-electron chi connectivity index (χ3n) is 4.87. The molecule has 3 unspecified atom stereocenters. The van der Waals surface area contributed by atoms with E-state index in [2.05, 4.69) is 11.4 Å². The molecular formula is C18H25N3O2. The van der Waals surface area contributed by atoms with Gasteiger partial charge in [-0.05, 0) is 37.3 Å². The van der Waals surface area contributed by atoms with E-state index in [1.165, 1.54) is 7.11 Å². The number of nitrogens with zero attached hydrogens (tertiary/aromatic N) is 1. The lowest BCUT2D eigenvalue weighted by Gasteiger charge is -2.40. The molecule has 0 aliphatic heterocycles. The second kappa shape index (κ2) is 7.58. The summed E-state index contributed by atoms with van der Waals surface area (Å²) in [5, 5.41) is 13.2. The van der Waals surface area contributed by atoms with Crippen molar-refractivity contribution in [1.29, 1.82) is 5.26 Å². The first kappa shape index (κ1) is 17.5. The van der Waals surface area contributed by atoms with Crippen molar-refractivity contribution in [2.24, 2.45) is 11.7 Å². The van der Waals surface area contributed by atoms with Gasteiger partial charge in [0.1, 0.15) is 0 Å². The minimum absolute atomic E-state index is 0.0106. The van der Waals surface area contributed by atoms with Crippen LogP contribution in [-0.4, -0.2) is 32.2 Å². The van der Waals surface area contributed by atoms with Gasteiger partial charge in [0, 0.05) is 19.1 Å². The Morgan fingerprint density at radius 2 is 2.26 bits per heavy atom. The molecule has 3 atom stereocenters. The Labute approximate surface area is 137 Å². The first-order chi connectivity index (χ1) is 11.1. The Morgan fingerprint density at radius 1 is 1.52 bits per heavy atom. The van der Waals surface area contributed by atoms with Crippen LogP contribution in [0.4, 0.5) is 0 Å². The Kier molecular flexibility index (Phi) is 5.75. The van der Waals surface area contributed by atoms with Crippen molar-refractivity contribution in [1.82, 2.24) is 5.32 Å². The van der Waals surface area contributed by atoms with Crippen LogP contribution in [0.25, 0.3) is 0 Å². The molecular weight excluding hydrogens is 290 g/mol. The Morgan fingerprint density at radius 3 is 2.87 bits per heavy atom. The summed E-state index contributed by atoms with van der Waals surface area (Å²) in [6.45, 7) is 3.19. The first-order valence-corrected chi connectivity index (χ1v) is 8.06. The van der Waals surface area contributed by atoms with Crippen molar-refractivity contribution >= 4 is 5.97 Å². The summed E-state index contributed by atoms with van der Waals surface area (Å²) in [5.74, 6) is -0.591. The number of esters is 1. The Hall–Kier alpha value is -1.90. The number of hydrogen-bond acceptors (Lipinski definition) is 5. The number of ether oxygens (including phenoxy) is 1. The van der Waals surface area contributed by atoms with Crippen LogP contribution < -0.4 is 11.1 Å². The first-order valence-electron chi connectivity index (χ1n) is 8.06. The fourth-order valence-electron chi connectivity index (χ4n) is 3.65. The maximum atomic E-state index is 12.3. The summed E-state index contributed by atoms with van der Waals surface area (Å²) in [5.41, 5.74) is 7.04. The number of nitriles is 1. The predicted molar refractivity (Wildman–Crippen MR) is 88.7 cm³/mol. The van der Waals surface area contributed by atoms with Crippen molar-refractivity contribution in [3.05, 3.63) is 35.4 Å². The predicted octanol–water partition coefficient (Wildman–Crippen LogP) is 1.65. The summed E-state index contributed by atoms with van der Waals surface area (Å²) < 4.78 is 4.98. The maximum absolute atomic E-state index is 12.3. The normalized spacial score (nSPS) is 27.2. The smallest absolute Gasteiger partial charge is 0.310 e. The summed E-state index contributed by atoms with van der Waals surface area (Å²) in [6, 6.07) is 10.4. The van der Waals surface area contributed by atoms with Gasteiger partial charge in [0.05, 0.1) is 24.5 Å². The molecule has 1 fully saturated rings. The van der Waals surface area contributed by atoms with Crippen molar-refractivity contribution in [3.8, 4) is 6.07 Å². The number of aryl methyl sites for hydroxylation is 1. The fourth-order valence-corrected chi connectivity index (χ4v) is 3.65. The molecule has 0 bridgehead atoms. The van der Waals surface area contributed by atoms with E-state index < -0.39 is 5.41 Å². The summed E-state index contributed by atoms with van der Waals surface area (Å²) in [7, 11) is 1.40. The van der Waals surface area contributed by atoms with Crippen LogP contribution in [0.1, 0.15) is 30.4 Å². The lowest BCUT2D eigenvalue weighted by Crippen LogP contribution is -2.50. The standard InChI is InChI=1S/C18H25N3O2/c1-13-5-3-4-6-15(13)18(12-20)8-7-16(21-10-9-19)14(11-18)17(22)23-2/h3-6,14,16,21H,7-11,19H2,1-2H3. The molecule has 0 amide bonds. The van der Waals surface area contributed by atoms with E-state index in [1.54, 1.807) is 0 Å². The molecule has 1 aromatic carbocycles. The number of hydrogen-bond donors (Lipinski definition) is 2. The van der Waals surface area contributed by atoms with E-state index in [0.29, 0.717) is 19.5 Å². The topological polar surface area (TPSA) is 88.1 Å². The monoisotopic (exact) mass is 315 g/mol. The van der Waals surface area contributed by atoms with Crippen LogP contribution in [0, 0.1) is 24.2 Å². The minimum atomic E-state index is -0.634. The van der Waals surface area contributed by atoms with Gasteiger partial charge in [-0.3, -0.25) is 4.79 Å². The quantitative estimate of drug-likeness (QED) is 0.807. The molecule has 5 heteroatoms. The molecule has 2 rings (SSSR count). The van der Waals surface area contributed by atoms with Gasteiger partial charge in [-0.1, -0.05) is 24.3 Å². The highest BCUT2D eigenvalue weighted by atomic mass is 16.5. The molecule has 0 radical (unpaired) electrons. The van der Waals surface area contributed by atoms with Gasteiger partial charge in [0.25, 0.3) is 0 Å². The second-order valence-electron chi connectivity index (χ2n) is 6.23. The van der Waals surface area contributed by atoms with Crippen LogP contribution in [0.5, 0.6) is 0 Å². The van der Waals surface area contributed by atoms with Gasteiger partial charge in [-0.25, -0.2) is 0 Å². The molecule has 1 aliphatic carbocycles. The summed E-state index contributed by atoms with van der Waals surface area (Å²) in [4.78, 5) is 12.3. The number of benzene rings is 1. The van der Waals surface area contributed by atoms with Crippen LogP contribution in [0.15, 0.2) is 24.3 Å². The summed E-state index contributed by atoms with van der Waals surface area (Å²) >= 11 is 0. The van der Waals surface area contributed by atoms with Crippen molar-refractivity contribution in [3.63, 3.8) is 0 Å². The lowest BCUT2D eigenvalue weighted by molar-refractivity contribution is -0.148. The van der Waals surface area contributed by atoms with E-state index in [9.17, 15) is 10.1 Å². The van der Waals surface area contributed by atoms with Gasteiger partial charge < -0.3 is 15.8 Å². The van der Waals surface area contributed by atoms with Gasteiger partial charge in [-0.15, -0.1) is 0 Å². The highest BCUT2D eigenvalue weighted by Gasteiger charge is 2.46. The van der Waals surface area contributed by atoms with Crippen molar-refractivity contribution < 1.29 is 9.53 Å². The molecule has 3 N–H and O–H groups in total. The maximum Gasteiger partial charge on any atom is 0.310 e. The van der Waals surface area contributed by atoms with Crippen LogP contribution in [0.3, 0.4) is 0 Å². The number of carbonyl (C=O) groups excluding carboxylic acids is 1. The zero-order chi connectivity index (χ0) is 16.9. The van der Waals surface area contributed by atoms with E-state index in [1.807, 2.05) is 31.2 Å².